The number of unbranched alkanes of at least 4 members (excludes halogenated alkanes) is 1. The fourth-order valence-electron chi connectivity index (χ4n) is 2.86. The van der Waals surface area contributed by atoms with E-state index in [4.69, 9.17) is 19.3 Å². The van der Waals surface area contributed by atoms with Gasteiger partial charge in [0.05, 0.1) is 19.3 Å². The first-order valence-electron chi connectivity index (χ1n) is 8.52. The van der Waals surface area contributed by atoms with Crippen LogP contribution in [0.3, 0.4) is 0 Å². The van der Waals surface area contributed by atoms with Crippen molar-refractivity contribution in [3.8, 4) is 5.75 Å². The summed E-state index contributed by atoms with van der Waals surface area (Å²) in [5.41, 5.74) is 0.746. The van der Waals surface area contributed by atoms with Gasteiger partial charge in [-0.25, -0.2) is 0 Å². The zero-order valence-corrected chi connectivity index (χ0v) is 14.5. The van der Waals surface area contributed by atoms with Gasteiger partial charge in [-0.3, -0.25) is 4.79 Å². The van der Waals surface area contributed by atoms with Crippen molar-refractivity contribution in [1.82, 2.24) is 0 Å². The Labute approximate surface area is 148 Å². The van der Waals surface area contributed by atoms with Crippen molar-refractivity contribution in [3.63, 3.8) is 0 Å². The van der Waals surface area contributed by atoms with Crippen molar-refractivity contribution in [2.45, 2.75) is 38.1 Å². The van der Waals surface area contributed by atoms with Gasteiger partial charge in [0, 0.05) is 25.0 Å². The Morgan fingerprint density at radius 3 is 2.88 bits per heavy atom. The average molecular weight is 350 g/mol. The molecule has 1 heterocycles. The zero-order chi connectivity index (χ0) is 18.1. The smallest absolute Gasteiger partial charge is 0.303 e. The van der Waals surface area contributed by atoms with Gasteiger partial charge in [-0.2, -0.15) is 0 Å². The Kier molecular flexibility index (Phi) is 7.91. The summed E-state index contributed by atoms with van der Waals surface area (Å²) in [5.74, 6) is -0.496. The predicted octanol–water partition coefficient (Wildman–Crippen LogP) is 3.27. The fraction of sp³-hybridized carbons (Fsp3) is 0.526. The lowest BCUT2D eigenvalue weighted by Crippen LogP contribution is -2.37. The maximum atomic E-state index is 10.5. The number of phenols is 1. The number of aromatic hydroxyl groups is 1. The second kappa shape index (κ2) is 10.2. The molecule has 3 unspecified atom stereocenters. The monoisotopic (exact) mass is 350 g/mol. The van der Waals surface area contributed by atoms with E-state index in [1.165, 1.54) is 0 Å². The van der Waals surface area contributed by atoms with Crippen LogP contribution in [-0.4, -0.2) is 42.8 Å². The van der Waals surface area contributed by atoms with Crippen LogP contribution in [0.4, 0.5) is 0 Å². The summed E-state index contributed by atoms with van der Waals surface area (Å²) < 4.78 is 16.8. The molecule has 138 valence electrons. The highest BCUT2D eigenvalue weighted by atomic mass is 16.7. The largest absolute Gasteiger partial charge is 0.508 e. The van der Waals surface area contributed by atoms with E-state index in [-0.39, 0.29) is 24.2 Å². The Morgan fingerprint density at radius 2 is 2.16 bits per heavy atom. The van der Waals surface area contributed by atoms with E-state index in [9.17, 15) is 9.90 Å². The number of para-hydroxylation sites is 1. The SMILES string of the molecule is COCC1OCC(C/C=C\CCCC(=O)O)C(c2ccccc2O)O1. The van der Waals surface area contributed by atoms with Crippen molar-refractivity contribution in [2.75, 3.05) is 20.3 Å². The molecule has 2 N–H and O–H groups in total. The van der Waals surface area contributed by atoms with Crippen LogP contribution in [-0.2, 0) is 19.0 Å². The summed E-state index contributed by atoms with van der Waals surface area (Å²) in [4.78, 5) is 10.5. The van der Waals surface area contributed by atoms with Crippen LogP contribution in [0.2, 0.25) is 0 Å². The van der Waals surface area contributed by atoms with E-state index in [1.54, 1.807) is 19.2 Å². The predicted molar refractivity (Wildman–Crippen MR) is 92.3 cm³/mol. The molecule has 25 heavy (non-hydrogen) atoms. The van der Waals surface area contributed by atoms with Crippen molar-refractivity contribution in [3.05, 3.63) is 42.0 Å². The van der Waals surface area contributed by atoms with Gasteiger partial charge in [0.15, 0.2) is 6.29 Å². The van der Waals surface area contributed by atoms with Crippen LogP contribution in [0.5, 0.6) is 5.75 Å². The number of hydrogen-bond acceptors (Lipinski definition) is 5. The van der Waals surface area contributed by atoms with E-state index in [2.05, 4.69) is 0 Å². The number of carboxylic acid groups (broad SMARTS) is 1. The number of allylic oxidation sites excluding steroid dienone is 2. The van der Waals surface area contributed by atoms with Gasteiger partial charge in [0.1, 0.15) is 5.75 Å². The molecule has 1 aromatic rings. The normalized spacial score (nSPS) is 23.8. The molecule has 1 aromatic carbocycles. The van der Waals surface area contributed by atoms with Gasteiger partial charge >= 0.3 is 5.97 Å². The third-order valence-corrected chi connectivity index (χ3v) is 4.14. The van der Waals surface area contributed by atoms with Crippen molar-refractivity contribution in [2.24, 2.45) is 5.92 Å². The van der Waals surface area contributed by atoms with E-state index in [0.717, 1.165) is 18.4 Å². The lowest BCUT2D eigenvalue weighted by Gasteiger charge is -2.36. The summed E-state index contributed by atoms with van der Waals surface area (Å²) in [5, 5.41) is 18.8. The van der Waals surface area contributed by atoms with Crippen LogP contribution in [0.25, 0.3) is 0 Å². The molecular formula is C19H26O6. The second-order valence-electron chi connectivity index (χ2n) is 6.09. The lowest BCUT2D eigenvalue weighted by molar-refractivity contribution is -0.253. The number of aliphatic carboxylic acids is 1. The Bertz CT molecular complexity index is 571. The molecule has 0 amide bonds. The second-order valence-corrected chi connectivity index (χ2v) is 6.09. The third-order valence-electron chi connectivity index (χ3n) is 4.14. The molecule has 0 bridgehead atoms. The minimum absolute atomic E-state index is 0.0668. The first-order valence-corrected chi connectivity index (χ1v) is 8.52. The molecule has 1 aliphatic rings. The van der Waals surface area contributed by atoms with E-state index in [1.807, 2.05) is 24.3 Å². The molecule has 0 spiro atoms. The molecule has 3 atom stereocenters. The number of phenolic OH excluding ortho intramolecular Hbond substituents is 1. The summed E-state index contributed by atoms with van der Waals surface area (Å²) in [6.45, 7) is 0.842. The number of carbonyl (C=O) groups is 1. The fourth-order valence-corrected chi connectivity index (χ4v) is 2.86. The molecule has 6 heteroatoms. The third kappa shape index (κ3) is 6.16. The molecule has 0 saturated carbocycles. The highest BCUT2D eigenvalue weighted by Crippen LogP contribution is 2.38. The molecule has 1 fully saturated rings. The summed E-state index contributed by atoms with van der Waals surface area (Å²) in [7, 11) is 1.59. The minimum Gasteiger partial charge on any atom is -0.508 e. The lowest BCUT2D eigenvalue weighted by atomic mass is 9.91. The van der Waals surface area contributed by atoms with Gasteiger partial charge in [-0.15, -0.1) is 0 Å². The number of carboxylic acids is 1. The number of methoxy groups -OCH3 is 1. The molecule has 0 radical (unpaired) electrons. The van der Waals surface area contributed by atoms with E-state index < -0.39 is 12.3 Å². The summed E-state index contributed by atoms with van der Waals surface area (Å²) in [6, 6.07) is 7.16. The highest BCUT2D eigenvalue weighted by Gasteiger charge is 2.33. The van der Waals surface area contributed by atoms with Crippen LogP contribution < -0.4 is 0 Å². The molecule has 1 saturated heterocycles. The quantitative estimate of drug-likeness (QED) is 0.525. The number of rotatable bonds is 9. The maximum Gasteiger partial charge on any atom is 0.303 e. The molecule has 2 rings (SSSR count). The Balaban J connectivity index is 1.98. The standard InChI is InChI=1S/C19H26O6/c1-23-13-18-24-12-14(8-4-2-3-5-11-17(21)22)19(25-18)15-9-6-7-10-16(15)20/h2,4,6-7,9-10,14,18-20H,3,5,8,11-13H2,1H3,(H,21,22)/b4-2-. The van der Waals surface area contributed by atoms with Crippen LogP contribution in [0, 0.1) is 5.92 Å². The van der Waals surface area contributed by atoms with E-state index >= 15 is 0 Å². The average Bonchev–Trinajstić information content (AvgIpc) is 2.59. The number of hydrogen-bond donors (Lipinski definition) is 2. The Hall–Kier alpha value is -1.89. The minimum atomic E-state index is -0.772. The number of ether oxygens (including phenoxy) is 3. The maximum absolute atomic E-state index is 10.5. The summed E-state index contributed by atoms with van der Waals surface area (Å²) in [6.07, 6.45) is 5.56. The topological polar surface area (TPSA) is 85.2 Å². The van der Waals surface area contributed by atoms with Crippen molar-refractivity contribution in [1.29, 1.82) is 0 Å². The molecule has 1 aliphatic heterocycles. The highest BCUT2D eigenvalue weighted by molar-refractivity contribution is 5.66. The molecular weight excluding hydrogens is 324 g/mol. The number of benzene rings is 1. The Morgan fingerprint density at radius 1 is 1.36 bits per heavy atom. The van der Waals surface area contributed by atoms with Crippen LogP contribution in [0.15, 0.2) is 36.4 Å². The van der Waals surface area contributed by atoms with Crippen molar-refractivity contribution < 1.29 is 29.2 Å². The molecule has 0 aliphatic carbocycles. The summed E-state index contributed by atoms with van der Waals surface area (Å²) >= 11 is 0. The zero-order valence-electron chi connectivity index (χ0n) is 14.5. The van der Waals surface area contributed by atoms with Crippen LogP contribution in [0.1, 0.15) is 37.4 Å². The van der Waals surface area contributed by atoms with Crippen molar-refractivity contribution >= 4 is 5.97 Å². The van der Waals surface area contributed by atoms with E-state index in [0.29, 0.717) is 19.6 Å². The first-order chi connectivity index (χ1) is 12.1. The molecule has 6 nitrogen and oxygen atoms in total. The molecule has 0 aromatic heterocycles. The van der Waals surface area contributed by atoms with Gasteiger partial charge in [-0.05, 0) is 25.3 Å². The first kappa shape index (κ1) is 19.4. The van der Waals surface area contributed by atoms with Gasteiger partial charge in [-0.1, -0.05) is 30.4 Å². The van der Waals surface area contributed by atoms with Gasteiger partial charge < -0.3 is 24.4 Å². The van der Waals surface area contributed by atoms with Gasteiger partial charge in [0.25, 0.3) is 0 Å². The van der Waals surface area contributed by atoms with Crippen LogP contribution >= 0.6 is 0 Å². The van der Waals surface area contributed by atoms with Gasteiger partial charge in [0.2, 0.25) is 0 Å².